The molecule has 1 aromatic heterocycles. The Balaban J connectivity index is 2.15. The SMILES string of the molecule is Cc1ccc(O)c(CNc2ccc([N+](=O)[O-])cc2C)n1. The predicted molar refractivity (Wildman–Crippen MR) is 75.8 cm³/mol. The van der Waals surface area contributed by atoms with Crippen molar-refractivity contribution in [3.63, 3.8) is 0 Å². The zero-order valence-corrected chi connectivity index (χ0v) is 11.3. The average Bonchev–Trinajstić information content (AvgIpc) is 2.40. The van der Waals surface area contributed by atoms with Crippen LogP contribution in [-0.4, -0.2) is 15.0 Å². The van der Waals surface area contributed by atoms with Gasteiger partial charge in [0.15, 0.2) is 0 Å². The van der Waals surface area contributed by atoms with Crippen LogP contribution >= 0.6 is 0 Å². The summed E-state index contributed by atoms with van der Waals surface area (Å²) >= 11 is 0. The summed E-state index contributed by atoms with van der Waals surface area (Å²) in [7, 11) is 0. The third-order valence-electron chi connectivity index (χ3n) is 2.96. The number of non-ortho nitro benzene ring substituents is 1. The number of aromatic hydroxyl groups is 1. The monoisotopic (exact) mass is 273 g/mol. The Morgan fingerprint density at radius 2 is 2.05 bits per heavy atom. The number of hydrogen-bond donors (Lipinski definition) is 2. The highest BCUT2D eigenvalue weighted by atomic mass is 16.6. The van der Waals surface area contributed by atoms with Crippen LogP contribution in [-0.2, 0) is 6.54 Å². The summed E-state index contributed by atoms with van der Waals surface area (Å²) in [6.07, 6.45) is 0. The van der Waals surface area contributed by atoms with E-state index in [0.29, 0.717) is 12.2 Å². The minimum Gasteiger partial charge on any atom is -0.506 e. The smallest absolute Gasteiger partial charge is 0.269 e. The van der Waals surface area contributed by atoms with Gasteiger partial charge in [0.05, 0.1) is 11.5 Å². The second kappa shape index (κ2) is 5.56. The Hall–Kier alpha value is -2.63. The second-order valence-electron chi connectivity index (χ2n) is 4.53. The number of pyridine rings is 1. The Morgan fingerprint density at radius 1 is 1.30 bits per heavy atom. The maximum atomic E-state index is 10.7. The van der Waals surface area contributed by atoms with Crippen LogP contribution in [0.3, 0.4) is 0 Å². The lowest BCUT2D eigenvalue weighted by molar-refractivity contribution is -0.384. The van der Waals surface area contributed by atoms with Crippen LogP contribution in [0.5, 0.6) is 5.75 Å². The van der Waals surface area contributed by atoms with Gasteiger partial charge in [-0.1, -0.05) is 0 Å². The first-order chi connectivity index (χ1) is 9.47. The molecule has 6 heteroatoms. The standard InChI is InChI=1S/C14H15N3O3/c1-9-7-11(17(19)20)4-5-12(9)15-8-13-14(18)6-3-10(2)16-13/h3-7,15,18H,8H2,1-2H3. The molecule has 0 atom stereocenters. The summed E-state index contributed by atoms with van der Waals surface area (Å²) in [4.78, 5) is 14.5. The number of nitro benzene ring substituents is 1. The first-order valence-corrected chi connectivity index (χ1v) is 6.12. The fourth-order valence-electron chi connectivity index (χ4n) is 1.87. The second-order valence-corrected chi connectivity index (χ2v) is 4.53. The van der Waals surface area contributed by atoms with Crippen LogP contribution in [0.25, 0.3) is 0 Å². The third kappa shape index (κ3) is 3.03. The molecule has 0 aliphatic rings. The Kier molecular flexibility index (Phi) is 3.84. The topological polar surface area (TPSA) is 88.3 Å². The summed E-state index contributed by atoms with van der Waals surface area (Å²) in [6.45, 7) is 3.99. The van der Waals surface area contributed by atoms with Crippen molar-refractivity contribution in [3.05, 3.63) is 57.4 Å². The van der Waals surface area contributed by atoms with Gasteiger partial charge >= 0.3 is 0 Å². The van der Waals surface area contributed by atoms with Gasteiger partial charge in [-0.2, -0.15) is 0 Å². The molecular weight excluding hydrogens is 258 g/mol. The van der Waals surface area contributed by atoms with Gasteiger partial charge in [-0.15, -0.1) is 0 Å². The molecule has 0 bridgehead atoms. The lowest BCUT2D eigenvalue weighted by Gasteiger charge is -2.10. The highest BCUT2D eigenvalue weighted by Crippen LogP contribution is 2.23. The van der Waals surface area contributed by atoms with Crippen LogP contribution in [0.1, 0.15) is 17.0 Å². The van der Waals surface area contributed by atoms with Gasteiger partial charge in [0, 0.05) is 23.5 Å². The quantitative estimate of drug-likeness (QED) is 0.660. The highest BCUT2D eigenvalue weighted by Gasteiger charge is 2.09. The molecule has 0 saturated carbocycles. The van der Waals surface area contributed by atoms with E-state index in [1.807, 2.05) is 6.92 Å². The van der Waals surface area contributed by atoms with Crippen LogP contribution in [0, 0.1) is 24.0 Å². The molecule has 0 spiro atoms. The summed E-state index contributed by atoms with van der Waals surface area (Å²) in [5, 5.41) is 23.5. The lowest BCUT2D eigenvalue weighted by atomic mass is 10.1. The van der Waals surface area contributed by atoms with E-state index >= 15 is 0 Å². The molecule has 0 unspecified atom stereocenters. The zero-order valence-electron chi connectivity index (χ0n) is 11.3. The van der Waals surface area contributed by atoms with E-state index in [2.05, 4.69) is 10.3 Å². The number of aromatic nitrogens is 1. The average molecular weight is 273 g/mol. The maximum absolute atomic E-state index is 10.7. The van der Waals surface area contributed by atoms with Crippen molar-refractivity contribution >= 4 is 11.4 Å². The molecule has 0 aliphatic heterocycles. The van der Waals surface area contributed by atoms with Gasteiger partial charge in [-0.25, -0.2) is 0 Å². The van der Waals surface area contributed by atoms with Crippen molar-refractivity contribution in [3.8, 4) is 5.75 Å². The van der Waals surface area contributed by atoms with Crippen LogP contribution in [0.4, 0.5) is 11.4 Å². The molecular formula is C14H15N3O3. The summed E-state index contributed by atoms with van der Waals surface area (Å²) < 4.78 is 0. The summed E-state index contributed by atoms with van der Waals surface area (Å²) in [5.74, 6) is 0.127. The van der Waals surface area contributed by atoms with E-state index in [1.165, 1.54) is 12.1 Å². The number of hydrogen-bond acceptors (Lipinski definition) is 5. The number of anilines is 1. The normalized spacial score (nSPS) is 10.3. The number of nitrogens with zero attached hydrogens (tertiary/aromatic N) is 2. The van der Waals surface area contributed by atoms with E-state index < -0.39 is 4.92 Å². The number of rotatable bonds is 4. The van der Waals surface area contributed by atoms with Crippen molar-refractivity contribution in [2.24, 2.45) is 0 Å². The van der Waals surface area contributed by atoms with Crippen LogP contribution in [0.15, 0.2) is 30.3 Å². The first kappa shape index (κ1) is 13.8. The molecule has 1 aromatic carbocycles. The summed E-state index contributed by atoms with van der Waals surface area (Å²) in [6, 6.07) is 7.93. The molecule has 2 N–H and O–H groups in total. The van der Waals surface area contributed by atoms with Crippen LogP contribution < -0.4 is 5.32 Å². The number of nitrogens with one attached hydrogen (secondary N) is 1. The minimum atomic E-state index is -0.426. The van der Waals surface area contributed by atoms with Crippen molar-refractivity contribution in [2.45, 2.75) is 20.4 Å². The number of aryl methyl sites for hydroxylation is 2. The summed E-state index contributed by atoms with van der Waals surface area (Å²) in [5.41, 5.74) is 2.97. The molecule has 20 heavy (non-hydrogen) atoms. The Morgan fingerprint density at radius 3 is 2.70 bits per heavy atom. The molecule has 1 heterocycles. The Bertz CT molecular complexity index is 656. The van der Waals surface area contributed by atoms with E-state index in [4.69, 9.17) is 0 Å². The van der Waals surface area contributed by atoms with Crippen molar-refractivity contribution < 1.29 is 10.0 Å². The zero-order chi connectivity index (χ0) is 14.7. The minimum absolute atomic E-state index is 0.0598. The molecule has 2 aromatic rings. The highest BCUT2D eigenvalue weighted by molar-refractivity contribution is 5.55. The molecule has 0 fully saturated rings. The fraction of sp³-hybridized carbons (Fsp3) is 0.214. The van der Waals surface area contributed by atoms with E-state index in [0.717, 1.165) is 16.9 Å². The van der Waals surface area contributed by atoms with E-state index in [-0.39, 0.29) is 11.4 Å². The predicted octanol–water partition coefficient (Wildman–Crippen LogP) is 2.92. The van der Waals surface area contributed by atoms with Gasteiger partial charge in [0.1, 0.15) is 11.4 Å². The fourth-order valence-corrected chi connectivity index (χ4v) is 1.87. The van der Waals surface area contributed by atoms with Gasteiger partial charge in [0.2, 0.25) is 0 Å². The molecule has 0 radical (unpaired) electrons. The van der Waals surface area contributed by atoms with E-state index in [9.17, 15) is 15.2 Å². The van der Waals surface area contributed by atoms with E-state index in [1.54, 1.807) is 25.1 Å². The largest absolute Gasteiger partial charge is 0.506 e. The van der Waals surface area contributed by atoms with Crippen molar-refractivity contribution in [2.75, 3.05) is 5.32 Å². The molecule has 2 rings (SSSR count). The van der Waals surface area contributed by atoms with Gasteiger partial charge in [0.25, 0.3) is 5.69 Å². The lowest BCUT2D eigenvalue weighted by Crippen LogP contribution is -2.04. The molecule has 0 saturated heterocycles. The maximum Gasteiger partial charge on any atom is 0.269 e. The van der Waals surface area contributed by atoms with Crippen LogP contribution in [0.2, 0.25) is 0 Å². The Labute approximate surface area is 116 Å². The third-order valence-corrected chi connectivity index (χ3v) is 2.96. The molecule has 0 aliphatic carbocycles. The molecule has 104 valence electrons. The van der Waals surface area contributed by atoms with Gasteiger partial charge < -0.3 is 10.4 Å². The number of benzene rings is 1. The van der Waals surface area contributed by atoms with Crippen molar-refractivity contribution in [1.82, 2.24) is 4.98 Å². The first-order valence-electron chi connectivity index (χ1n) is 6.12. The number of nitro groups is 1. The molecule has 0 amide bonds. The molecule has 6 nitrogen and oxygen atoms in total. The van der Waals surface area contributed by atoms with Crippen molar-refractivity contribution in [1.29, 1.82) is 0 Å². The van der Waals surface area contributed by atoms with Gasteiger partial charge in [-0.3, -0.25) is 15.1 Å². The van der Waals surface area contributed by atoms with Gasteiger partial charge in [-0.05, 0) is 37.6 Å².